The minimum atomic E-state index is -0.320. The Labute approximate surface area is 153 Å². The molecule has 0 radical (unpaired) electrons. The number of carbonyl (C=O) groups is 2. The molecule has 2 aromatic carbocycles. The van der Waals surface area contributed by atoms with Crippen molar-refractivity contribution in [2.45, 2.75) is 0 Å². The van der Waals surface area contributed by atoms with Crippen LogP contribution in [0.4, 0.5) is 5.69 Å². The highest BCUT2D eigenvalue weighted by molar-refractivity contribution is 7.21. The lowest BCUT2D eigenvalue weighted by atomic mass is 10.2. The minimum absolute atomic E-state index is 0.219. The maximum atomic E-state index is 12.6. The molecule has 3 aromatic rings. The van der Waals surface area contributed by atoms with Gasteiger partial charge < -0.3 is 15.4 Å². The maximum Gasteiger partial charge on any atom is 0.267 e. The van der Waals surface area contributed by atoms with Gasteiger partial charge in [-0.3, -0.25) is 9.59 Å². The first-order valence-corrected chi connectivity index (χ1v) is 8.62. The quantitative estimate of drug-likeness (QED) is 0.720. The molecule has 0 aliphatic heterocycles. The average Bonchev–Trinajstić information content (AvgIpc) is 2.97. The molecule has 3 rings (SSSR count). The number of thiophene rings is 1. The first kappa shape index (κ1) is 17.3. The molecule has 25 heavy (non-hydrogen) atoms. The van der Waals surface area contributed by atoms with Crippen LogP contribution in [-0.4, -0.2) is 26.0 Å². The molecule has 0 atom stereocenters. The molecule has 0 aliphatic carbocycles. The van der Waals surface area contributed by atoms with Crippen LogP contribution in [0.15, 0.2) is 42.5 Å². The predicted octanol–water partition coefficient (Wildman–Crippen LogP) is 4.18. The molecule has 0 bridgehead atoms. The number of fused-ring (bicyclic) bond motifs is 1. The van der Waals surface area contributed by atoms with Crippen molar-refractivity contribution in [1.29, 1.82) is 0 Å². The van der Waals surface area contributed by atoms with E-state index >= 15 is 0 Å². The van der Waals surface area contributed by atoms with Crippen LogP contribution < -0.4 is 15.4 Å². The van der Waals surface area contributed by atoms with Gasteiger partial charge in [0.1, 0.15) is 10.6 Å². The number of halogens is 1. The minimum Gasteiger partial charge on any atom is -0.497 e. The van der Waals surface area contributed by atoms with Crippen molar-refractivity contribution >= 4 is 50.5 Å². The Bertz CT molecular complexity index is 968. The van der Waals surface area contributed by atoms with Gasteiger partial charge in [-0.15, -0.1) is 11.3 Å². The molecule has 0 saturated heterocycles. The number of amides is 2. The number of benzene rings is 2. The van der Waals surface area contributed by atoms with E-state index in [1.165, 1.54) is 11.3 Å². The number of ether oxygens (including phenoxy) is 1. The summed E-state index contributed by atoms with van der Waals surface area (Å²) < 4.78 is 6.07. The summed E-state index contributed by atoms with van der Waals surface area (Å²) >= 11 is 7.66. The molecule has 7 heteroatoms. The summed E-state index contributed by atoms with van der Waals surface area (Å²) in [4.78, 5) is 24.7. The van der Waals surface area contributed by atoms with E-state index in [4.69, 9.17) is 16.3 Å². The second-order valence-corrected chi connectivity index (χ2v) is 6.65. The molecule has 5 nitrogen and oxygen atoms in total. The highest BCUT2D eigenvalue weighted by Crippen LogP contribution is 2.37. The third kappa shape index (κ3) is 3.45. The molecular weight excluding hydrogens is 360 g/mol. The summed E-state index contributed by atoms with van der Waals surface area (Å²) in [6.07, 6.45) is 0. The Hall–Kier alpha value is -2.57. The van der Waals surface area contributed by atoms with Crippen LogP contribution in [0.25, 0.3) is 10.1 Å². The standard InChI is InChI=1S/C18H15ClN2O3S/c1-20-17(22)10-4-3-5-11(8-10)21-18(23)16-15(19)13-7-6-12(24-2)9-14(13)25-16/h3-9H,1-2H3,(H,20,22)(H,21,23). The normalized spacial score (nSPS) is 10.5. The topological polar surface area (TPSA) is 67.4 Å². The van der Waals surface area contributed by atoms with Crippen molar-refractivity contribution in [3.05, 3.63) is 57.9 Å². The Morgan fingerprint density at radius 3 is 2.64 bits per heavy atom. The molecule has 1 heterocycles. The van der Waals surface area contributed by atoms with Crippen LogP contribution in [0.3, 0.4) is 0 Å². The fourth-order valence-electron chi connectivity index (χ4n) is 2.39. The summed E-state index contributed by atoms with van der Waals surface area (Å²) in [6.45, 7) is 0. The monoisotopic (exact) mass is 374 g/mol. The molecular formula is C18H15ClN2O3S. The van der Waals surface area contributed by atoms with Gasteiger partial charge in [0.15, 0.2) is 0 Å². The second kappa shape index (κ2) is 7.13. The Morgan fingerprint density at radius 2 is 1.92 bits per heavy atom. The predicted molar refractivity (Wildman–Crippen MR) is 101 cm³/mol. The van der Waals surface area contributed by atoms with E-state index in [1.807, 2.05) is 12.1 Å². The molecule has 1 aromatic heterocycles. The molecule has 0 aliphatic rings. The van der Waals surface area contributed by atoms with E-state index in [1.54, 1.807) is 44.5 Å². The number of rotatable bonds is 4. The summed E-state index contributed by atoms with van der Waals surface area (Å²) in [6, 6.07) is 12.2. The van der Waals surface area contributed by atoms with Crippen molar-refractivity contribution < 1.29 is 14.3 Å². The van der Waals surface area contributed by atoms with Crippen LogP contribution in [0.1, 0.15) is 20.0 Å². The molecule has 128 valence electrons. The van der Waals surface area contributed by atoms with Crippen LogP contribution in [-0.2, 0) is 0 Å². The SMILES string of the molecule is CNC(=O)c1cccc(NC(=O)c2sc3cc(OC)ccc3c2Cl)c1. The highest BCUT2D eigenvalue weighted by Gasteiger charge is 2.18. The van der Waals surface area contributed by atoms with Gasteiger partial charge in [0, 0.05) is 28.4 Å². The first-order chi connectivity index (χ1) is 12.0. The highest BCUT2D eigenvalue weighted by atomic mass is 35.5. The zero-order valence-corrected chi connectivity index (χ0v) is 15.1. The summed E-state index contributed by atoms with van der Waals surface area (Å²) in [5.41, 5.74) is 0.990. The number of nitrogens with one attached hydrogen (secondary N) is 2. The number of hydrogen-bond donors (Lipinski definition) is 2. The van der Waals surface area contributed by atoms with E-state index in [2.05, 4.69) is 10.6 Å². The van der Waals surface area contributed by atoms with Crippen LogP contribution in [0.5, 0.6) is 5.75 Å². The lowest BCUT2D eigenvalue weighted by Gasteiger charge is -2.06. The Balaban J connectivity index is 1.90. The van der Waals surface area contributed by atoms with Gasteiger partial charge in [0.25, 0.3) is 11.8 Å². The number of methoxy groups -OCH3 is 1. The molecule has 2 amide bonds. The van der Waals surface area contributed by atoms with Crippen molar-refractivity contribution in [3.63, 3.8) is 0 Å². The lowest BCUT2D eigenvalue weighted by Crippen LogP contribution is -2.18. The van der Waals surface area contributed by atoms with Gasteiger partial charge in [-0.2, -0.15) is 0 Å². The van der Waals surface area contributed by atoms with Crippen molar-refractivity contribution in [3.8, 4) is 5.75 Å². The van der Waals surface area contributed by atoms with E-state index in [9.17, 15) is 9.59 Å². The number of hydrogen-bond acceptors (Lipinski definition) is 4. The smallest absolute Gasteiger partial charge is 0.267 e. The van der Waals surface area contributed by atoms with E-state index in [-0.39, 0.29) is 11.8 Å². The van der Waals surface area contributed by atoms with Crippen molar-refractivity contribution in [2.24, 2.45) is 0 Å². The third-order valence-corrected chi connectivity index (χ3v) is 5.31. The number of anilines is 1. The van der Waals surface area contributed by atoms with E-state index < -0.39 is 0 Å². The second-order valence-electron chi connectivity index (χ2n) is 5.22. The van der Waals surface area contributed by atoms with Crippen molar-refractivity contribution in [2.75, 3.05) is 19.5 Å². The van der Waals surface area contributed by atoms with Gasteiger partial charge in [-0.05, 0) is 36.4 Å². The van der Waals surface area contributed by atoms with Gasteiger partial charge in [-0.25, -0.2) is 0 Å². The molecule has 2 N–H and O–H groups in total. The Morgan fingerprint density at radius 1 is 1.12 bits per heavy atom. The Kier molecular flexibility index (Phi) is 4.92. The summed E-state index contributed by atoms with van der Waals surface area (Å²) in [7, 11) is 3.14. The first-order valence-electron chi connectivity index (χ1n) is 7.43. The third-order valence-electron chi connectivity index (χ3n) is 3.65. The van der Waals surface area contributed by atoms with Gasteiger partial charge >= 0.3 is 0 Å². The lowest BCUT2D eigenvalue weighted by molar-refractivity contribution is 0.0961. The van der Waals surface area contributed by atoms with Crippen LogP contribution >= 0.6 is 22.9 Å². The van der Waals surface area contributed by atoms with Gasteiger partial charge in [0.05, 0.1) is 12.1 Å². The van der Waals surface area contributed by atoms with E-state index in [0.29, 0.717) is 26.9 Å². The molecule has 0 fully saturated rings. The fraction of sp³-hybridized carbons (Fsp3) is 0.111. The van der Waals surface area contributed by atoms with Crippen molar-refractivity contribution in [1.82, 2.24) is 5.32 Å². The van der Waals surface area contributed by atoms with Gasteiger partial charge in [0.2, 0.25) is 0 Å². The van der Waals surface area contributed by atoms with Gasteiger partial charge in [-0.1, -0.05) is 17.7 Å². The average molecular weight is 375 g/mol. The zero-order chi connectivity index (χ0) is 18.0. The zero-order valence-electron chi connectivity index (χ0n) is 13.6. The van der Waals surface area contributed by atoms with E-state index in [0.717, 1.165) is 10.1 Å². The molecule has 0 unspecified atom stereocenters. The summed E-state index contributed by atoms with van der Waals surface area (Å²) in [5.74, 6) is 0.165. The summed E-state index contributed by atoms with van der Waals surface area (Å²) in [5, 5.41) is 6.54. The van der Waals surface area contributed by atoms with Crippen LogP contribution in [0, 0.1) is 0 Å². The maximum absolute atomic E-state index is 12.6. The molecule has 0 saturated carbocycles. The fourth-order valence-corrected chi connectivity index (χ4v) is 3.83. The van der Waals surface area contributed by atoms with Crippen LogP contribution in [0.2, 0.25) is 5.02 Å². The largest absolute Gasteiger partial charge is 0.497 e. The molecule has 0 spiro atoms. The number of carbonyl (C=O) groups excluding carboxylic acids is 2.